The molecule has 2 atom stereocenters. The Morgan fingerprint density at radius 3 is 3.00 bits per heavy atom. The highest BCUT2D eigenvalue weighted by Gasteiger charge is 2.34. The normalized spacial score (nSPS) is 27.1. The fraction of sp³-hybridized carbons (Fsp3) is 0.765. The molecule has 2 saturated heterocycles. The molecule has 4 heteroatoms. The van der Waals surface area contributed by atoms with E-state index in [1.165, 1.54) is 32.5 Å². The molecule has 0 bridgehead atoms. The van der Waals surface area contributed by atoms with E-state index in [0.717, 1.165) is 43.6 Å². The van der Waals surface area contributed by atoms with E-state index in [9.17, 15) is 0 Å². The predicted octanol–water partition coefficient (Wildman–Crippen LogP) is 2.45. The number of hydrogen-bond donors (Lipinski definition) is 1. The summed E-state index contributed by atoms with van der Waals surface area (Å²) in [5, 5.41) is 3.39. The van der Waals surface area contributed by atoms with E-state index < -0.39 is 0 Å². The maximum Gasteiger partial charge on any atom is 0.118 e. The zero-order valence-corrected chi connectivity index (χ0v) is 13.5. The molecule has 0 radical (unpaired) electrons. The van der Waals surface area contributed by atoms with E-state index in [2.05, 4.69) is 41.1 Å². The third-order valence-electron chi connectivity index (χ3n) is 4.87. The Bertz CT molecular complexity index is 445. The third kappa shape index (κ3) is 3.68. The molecule has 1 aromatic rings. The number of nitrogens with zero attached hydrogens (tertiary/aromatic N) is 2. The third-order valence-corrected chi connectivity index (χ3v) is 4.87. The largest absolute Gasteiger partial charge is 0.463 e. The summed E-state index contributed by atoms with van der Waals surface area (Å²) in [5.74, 6) is 2.17. The van der Waals surface area contributed by atoms with Crippen LogP contribution in [0, 0.1) is 0 Å². The summed E-state index contributed by atoms with van der Waals surface area (Å²) in [6.07, 6.45) is 3.91. The van der Waals surface area contributed by atoms with Crippen LogP contribution in [0.15, 0.2) is 16.5 Å². The van der Waals surface area contributed by atoms with Gasteiger partial charge in [-0.3, -0.25) is 9.80 Å². The van der Waals surface area contributed by atoms with Gasteiger partial charge in [-0.2, -0.15) is 0 Å². The average molecular weight is 291 g/mol. The van der Waals surface area contributed by atoms with Crippen molar-refractivity contribution in [2.45, 2.75) is 58.3 Å². The van der Waals surface area contributed by atoms with Crippen molar-refractivity contribution >= 4 is 0 Å². The van der Waals surface area contributed by atoms with Crippen LogP contribution in [0.3, 0.4) is 0 Å². The first kappa shape index (κ1) is 15.1. The zero-order valence-electron chi connectivity index (χ0n) is 13.5. The van der Waals surface area contributed by atoms with Crippen LogP contribution < -0.4 is 5.32 Å². The van der Waals surface area contributed by atoms with E-state index >= 15 is 0 Å². The van der Waals surface area contributed by atoms with Crippen LogP contribution >= 0.6 is 0 Å². The number of rotatable bonds is 6. The van der Waals surface area contributed by atoms with Gasteiger partial charge in [0, 0.05) is 25.2 Å². The molecule has 21 heavy (non-hydrogen) atoms. The number of furan rings is 1. The second-order valence-corrected chi connectivity index (χ2v) is 6.61. The second-order valence-electron chi connectivity index (χ2n) is 6.61. The van der Waals surface area contributed by atoms with Crippen LogP contribution in [-0.2, 0) is 13.1 Å². The lowest BCUT2D eigenvalue weighted by Gasteiger charge is -2.41. The molecule has 118 valence electrons. The van der Waals surface area contributed by atoms with Gasteiger partial charge < -0.3 is 9.73 Å². The molecule has 2 unspecified atom stereocenters. The summed E-state index contributed by atoms with van der Waals surface area (Å²) < 4.78 is 5.97. The van der Waals surface area contributed by atoms with Gasteiger partial charge >= 0.3 is 0 Å². The molecule has 1 N–H and O–H groups in total. The van der Waals surface area contributed by atoms with Gasteiger partial charge in [-0.15, -0.1) is 0 Å². The van der Waals surface area contributed by atoms with Crippen molar-refractivity contribution in [3.8, 4) is 0 Å². The van der Waals surface area contributed by atoms with E-state index in [4.69, 9.17) is 4.42 Å². The highest BCUT2D eigenvalue weighted by molar-refractivity contribution is 5.08. The minimum absolute atomic E-state index is 0.631. The number of fused-ring (bicyclic) bond motifs is 1. The topological polar surface area (TPSA) is 31.6 Å². The van der Waals surface area contributed by atoms with Crippen molar-refractivity contribution in [2.75, 3.05) is 26.2 Å². The lowest BCUT2D eigenvalue weighted by Crippen LogP contribution is -2.54. The minimum Gasteiger partial charge on any atom is -0.463 e. The van der Waals surface area contributed by atoms with Gasteiger partial charge in [0.25, 0.3) is 0 Å². The van der Waals surface area contributed by atoms with Crippen molar-refractivity contribution in [3.05, 3.63) is 23.7 Å². The van der Waals surface area contributed by atoms with Gasteiger partial charge in [-0.05, 0) is 51.4 Å². The Kier molecular flexibility index (Phi) is 4.99. The van der Waals surface area contributed by atoms with E-state index in [1.54, 1.807) is 0 Å². The van der Waals surface area contributed by atoms with Crippen LogP contribution in [0.1, 0.15) is 44.6 Å². The van der Waals surface area contributed by atoms with E-state index in [1.807, 2.05) is 0 Å². The number of piperazine rings is 1. The lowest BCUT2D eigenvalue weighted by molar-refractivity contribution is 0.0491. The van der Waals surface area contributed by atoms with Crippen molar-refractivity contribution in [1.29, 1.82) is 0 Å². The standard InChI is InChI=1S/C17H29N3O/c1-3-8-18-10-16-6-7-17(21-16)13-20-12-15-5-4-9-19(15)11-14(20)2/h6-7,14-15,18H,3-5,8-13H2,1-2H3. The Labute approximate surface area is 128 Å². The van der Waals surface area contributed by atoms with Crippen molar-refractivity contribution in [3.63, 3.8) is 0 Å². The maximum atomic E-state index is 5.97. The molecule has 0 amide bonds. The van der Waals surface area contributed by atoms with Gasteiger partial charge in [-0.25, -0.2) is 0 Å². The highest BCUT2D eigenvalue weighted by atomic mass is 16.3. The molecule has 2 aliphatic rings. The van der Waals surface area contributed by atoms with E-state index in [-0.39, 0.29) is 0 Å². The van der Waals surface area contributed by atoms with Gasteiger partial charge in [0.2, 0.25) is 0 Å². The van der Waals surface area contributed by atoms with Crippen LogP contribution in [0.2, 0.25) is 0 Å². The smallest absolute Gasteiger partial charge is 0.118 e. The average Bonchev–Trinajstić information content (AvgIpc) is 3.09. The summed E-state index contributed by atoms with van der Waals surface area (Å²) in [7, 11) is 0. The Morgan fingerprint density at radius 2 is 2.14 bits per heavy atom. The lowest BCUT2D eigenvalue weighted by atomic mass is 10.1. The van der Waals surface area contributed by atoms with Gasteiger partial charge in [0.15, 0.2) is 0 Å². The fourth-order valence-electron chi connectivity index (χ4n) is 3.66. The molecule has 0 saturated carbocycles. The summed E-state index contributed by atoms with van der Waals surface area (Å²) in [4.78, 5) is 5.26. The molecular formula is C17H29N3O. The quantitative estimate of drug-likeness (QED) is 0.816. The van der Waals surface area contributed by atoms with Crippen molar-refractivity contribution in [2.24, 2.45) is 0 Å². The molecule has 1 aromatic heterocycles. The summed E-state index contributed by atoms with van der Waals surface area (Å²) in [5.41, 5.74) is 0. The van der Waals surface area contributed by atoms with Crippen LogP contribution in [0.25, 0.3) is 0 Å². The first-order valence-corrected chi connectivity index (χ1v) is 8.52. The van der Waals surface area contributed by atoms with Crippen LogP contribution in [0.4, 0.5) is 0 Å². The van der Waals surface area contributed by atoms with Gasteiger partial charge in [-0.1, -0.05) is 6.92 Å². The van der Waals surface area contributed by atoms with Crippen LogP contribution in [-0.4, -0.2) is 48.1 Å². The first-order valence-electron chi connectivity index (χ1n) is 8.52. The summed E-state index contributed by atoms with van der Waals surface area (Å²) in [6.45, 7) is 11.1. The van der Waals surface area contributed by atoms with E-state index in [0.29, 0.717) is 6.04 Å². The Balaban J connectivity index is 1.53. The van der Waals surface area contributed by atoms with Crippen molar-refractivity contribution < 1.29 is 4.42 Å². The molecule has 0 aromatic carbocycles. The van der Waals surface area contributed by atoms with Gasteiger partial charge in [0.05, 0.1) is 13.1 Å². The molecule has 0 spiro atoms. The highest BCUT2D eigenvalue weighted by Crippen LogP contribution is 2.26. The minimum atomic E-state index is 0.631. The number of hydrogen-bond acceptors (Lipinski definition) is 4. The number of nitrogens with one attached hydrogen (secondary N) is 1. The maximum absolute atomic E-state index is 5.97. The SMILES string of the molecule is CCCNCc1ccc(CN2CC3CCCN3CC2C)o1. The summed E-state index contributed by atoms with van der Waals surface area (Å²) >= 11 is 0. The molecule has 3 heterocycles. The Morgan fingerprint density at radius 1 is 1.29 bits per heavy atom. The molecular weight excluding hydrogens is 262 g/mol. The molecule has 3 rings (SSSR count). The molecule has 2 aliphatic heterocycles. The molecule has 4 nitrogen and oxygen atoms in total. The molecule has 0 aliphatic carbocycles. The zero-order chi connectivity index (χ0) is 14.7. The predicted molar refractivity (Wildman–Crippen MR) is 85.2 cm³/mol. The Hall–Kier alpha value is -0.840. The second kappa shape index (κ2) is 6.95. The monoisotopic (exact) mass is 291 g/mol. The van der Waals surface area contributed by atoms with Gasteiger partial charge in [0.1, 0.15) is 11.5 Å². The van der Waals surface area contributed by atoms with Crippen LogP contribution in [0.5, 0.6) is 0 Å². The summed E-state index contributed by atoms with van der Waals surface area (Å²) in [6, 6.07) is 5.68. The van der Waals surface area contributed by atoms with Crippen molar-refractivity contribution in [1.82, 2.24) is 15.1 Å². The first-order chi connectivity index (χ1) is 10.3. The molecule has 2 fully saturated rings. The fourth-order valence-corrected chi connectivity index (χ4v) is 3.66.